The van der Waals surface area contributed by atoms with Crippen molar-refractivity contribution >= 4 is 43.0 Å². The first-order valence-electron chi connectivity index (χ1n) is 15.0. The van der Waals surface area contributed by atoms with Gasteiger partial charge in [-0.3, -0.25) is 33.3 Å². The topological polar surface area (TPSA) is 271 Å². The van der Waals surface area contributed by atoms with Crippen molar-refractivity contribution in [2.45, 2.75) is 90.4 Å². The molecular formula is C28H45N6O11P. The molecule has 1 aromatic rings. The lowest BCUT2D eigenvalue weighted by Crippen LogP contribution is -2.52. The van der Waals surface area contributed by atoms with E-state index < -0.39 is 86.2 Å². The zero-order valence-corrected chi connectivity index (χ0v) is 27.3. The molecule has 0 saturated carbocycles. The first-order valence-corrected chi connectivity index (χ1v) is 16.5. The van der Waals surface area contributed by atoms with Crippen molar-refractivity contribution < 1.29 is 52.7 Å². The molecule has 0 aliphatic carbocycles. The van der Waals surface area contributed by atoms with Gasteiger partial charge in [0.2, 0.25) is 23.6 Å². The summed E-state index contributed by atoms with van der Waals surface area (Å²) in [5.41, 5.74) is 5.81. The largest absolute Gasteiger partial charge is 0.469 e. The van der Waals surface area contributed by atoms with Crippen molar-refractivity contribution in [1.29, 1.82) is 0 Å². The average Bonchev–Trinajstić information content (AvgIpc) is 3.64. The maximum absolute atomic E-state index is 13.6. The molecule has 46 heavy (non-hydrogen) atoms. The SMILES string of the molecule is CC(=O)N1CCCC1C(=O)N[C@@H](CC(C)C)C(=O)C[C@@H](Cc1cnc[nH]1)C(=O)N[C@@H](CO)C(=O)CC(C(N)=O)[C@@H](C)OP(=O)(O)O. The normalized spacial score (nSPS) is 18.3. The van der Waals surface area contributed by atoms with Crippen LogP contribution in [0.2, 0.25) is 0 Å². The third-order valence-corrected chi connectivity index (χ3v) is 8.36. The van der Waals surface area contributed by atoms with Crippen LogP contribution in [0.4, 0.5) is 0 Å². The Morgan fingerprint density at radius 1 is 1.11 bits per heavy atom. The van der Waals surface area contributed by atoms with E-state index in [0.717, 1.165) is 6.92 Å². The molecule has 0 radical (unpaired) electrons. The number of aliphatic hydroxyl groups excluding tert-OH is 1. The molecule has 0 spiro atoms. The lowest BCUT2D eigenvalue weighted by molar-refractivity contribution is -0.138. The van der Waals surface area contributed by atoms with Crippen LogP contribution in [0.15, 0.2) is 12.5 Å². The fourth-order valence-electron chi connectivity index (χ4n) is 5.40. The summed E-state index contributed by atoms with van der Waals surface area (Å²) in [6, 6.07) is -3.23. The smallest absolute Gasteiger partial charge is 0.394 e. The molecule has 6 atom stereocenters. The number of amides is 4. The molecule has 4 amide bonds. The molecule has 8 N–H and O–H groups in total. The van der Waals surface area contributed by atoms with Gasteiger partial charge in [-0.15, -0.1) is 0 Å². The van der Waals surface area contributed by atoms with Gasteiger partial charge in [-0.05, 0) is 32.1 Å². The number of likely N-dealkylation sites (tertiary alicyclic amines) is 1. The maximum atomic E-state index is 13.6. The second kappa shape index (κ2) is 17.4. The van der Waals surface area contributed by atoms with Crippen LogP contribution in [-0.4, -0.2) is 102 Å². The van der Waals surface area contributed by atoms with Crippen molar-refractivity contribution in [2.24, 2.45) is 23.5 Å². The third kappa shape index (κ3) is 12.0. The number of aromatic nitrogens is 2. The number of carbonyl (C=O) groups is 6. The van der Waals surface area contributed by atoms with Crippen molar-refractivity contribution in [1.82, 2.24) is 25.5 Å². The highest BCUT2D eigenvalue weighted by molar-refractivity contribution is 7.46. The number of H-pyrrole nitrogens is 1. The number of aromatic amines is 1. The number of hydrogen-bond donors (Lipinski definition) is 7. The fraction of sp³-hybridized carbons (Fsp3) is 0.679. The summed E-state index contributed by atoms with van der Waals surface area (Å²) in [6.45, 7) is 5.77. The van der Waals surface area contributed by atoms with Crippen LogP contribution in [0.3, 0.4) is 0 Å². The second-order valence-electron chi connectivity index (χ2n) is 11.9. The number of rotatable bonds is 19. The van der Waals surface area contributed by atoms with E-state index in [2.05, 4.69) is 25.1 Å². The van der Waals surface area contributed by atoms with E-state index in [1.165, 1.54) is 24.3 Å². The molecule has 2 rings (SSSR count). The molecule has 258 valence electrons. The number of nitrogens with two attached hydrogens (primary N) is 1. The van der Waals surface area contributed by atoms with E-state index in [1.807, 2.05) is 13.8 Å². The van der Waals surface area contributed by atoms with Gasteiger partial charge in [-0.1, -0.05) is 13.8 Å². The number of Topliss-reactive ketones (excluding diaryl/α,β-unsaturated/α-hetero) is 2. The summed E-state index contributed by atoms with van der Waals surface area (Å²) < 4.78 is 15.7. The number of primary amides is 1. The number of aliphatic hydroxyl groups is 1. The number of phosphoric ester groups is 1. The number of phosphoric acid groups is 1. The standard InChI is InChI=1S/C28H45N6O11P/c1-15(2)8-21(32-28(41)23-6-5-7-34(23)17(4)36)24(37)10-18(9-19-12-30-14-31-19)27(40)33-22(13-35)25(38)11-20(26(29)39)16(3)45-46(42,43)44/h12,14-16,18,20-23,35H,5-11,13H2,1-4H3,(H2,29,39)(H,30,31)(H,32,41)(H,33,40)(H2,42,43,44)/t16-,18-,20?,21+,22+,23?/m1/s1. The minimum Gasteiger partial charge on any atom is -0.394 e. The molecule has 1 aromatic heterocycles. The van der Waals surface area contributed by atoms with Gasteiger partial charge in [0.25, 0.3) is 0 Å². The average molecular weight is 673 g/mol. The van der Waals surface area contributed by atoms with Crippen LogP contribution in [0.1, 0.15) is 65.5 Å². The summed E-state index contributed by atoms with van der Waals surface area (Å²) in [5.74, 6) is -6.54. The van der Waals surface area contributed by atoms with E-state index in [9.17, 15) is 38.4 Å². The number of hydrogen-bond acceptors (Lipinski definition) is 10. The molecule has 18 heteroatoms. The number of nitrogens with one attached hydrogen (secondary N) is 3. The van der Waals surface area contributed by atoms with Crippen LogP contribution in [0, 0.1) is 17.8 Å². The van der Waals surface area contributed by atoms with E-state index >= 15 is 0 Å². The molecular weight excluding hydrogens is 627 g/mol. The number of imidazole rings is 1. The summed E-state index contributed by atoms with van der Waals surface area (Å²) in [4.78, 5) is 104. The molecule has 2 heterocycles. The van der Waals surface area contributed by atoms with Crippen molar-refractivity contribution in [2.75, 3.05) is 13.2 Å². The molecule has 2 unspecified atom stereocenters. The first kappa shape index (κ1) is 38.7. The van der Waals surface area contributed by atoms with Crippen LogP contribution >= 0.6 is 7.82 Å². The van der Waals surface area contributed by atoms with Gasteiger partial charge < -0.3 is 41.1 Å². The molecule has 0 aromatic carbocycles. The highest BCUT2D eigenvalue weighted by Crippen LogP contribution is 2.39. The summed E-state index contributed by atoms with van der Waals surface area (Å²) in [7, 11) is -5.03. The van der Waals surface area contributed by atoms with E-state index in [1.54, 1.807) is 0 Å². The highest BCUT2D eigenvalue weighted by Gasteiger charge is 2.37. The Morgan fingerprint density at radius 3 is 2.28 bits per heavy atom. The molecule has 1 saturated heterocycles. The zero-order chi connectivity index (χ0) is 34.8. The van der Waals surface area contributed by atoms with Gasteiger partial charge in [0.05, 0.1) is 36.9 Å². The molecule has 0 bridgehead atoms. The zero-order valence-electron chi connectivity index (χ0n) is 26.4. The second-order valence-corrected chi connectivity index (χ2v) is 13.1. The van der Waals surface area contributed by atoms with Crippen molar-refractivity contribution in [3.8, 4) is 0 Å². The summed E-state index contributed by atoms with van der Waals surface area (Å²) in [6.07, 6.45) is 1.61. The van der Waals surface area contributed by atoms with E-state index in [-0.39, 0.29) is 31.1 Å². The van der Waals surface area contributed by atoms with E-state index in [0.29, 0.717) is 25.1 Å². The van der Waals surface area contributed by atoms with E-state index in [4.69, 9.17) is 15.5 Å². The monoisotopic (exact) mass is 672 g/mol. The Labute approximate surface area is 266 Å². The van der Waals surface area contributed by atoms with Crippen LogP contribution < -0.4 is 16.4 Å². The van der Waals surface area contributed by atoms with Crippen LogP contribution in [-0.2, 0) is 44.3 Å². The lowest BCUT2D eigenvalue weighted by Gasteiger charge is -2.27. The predicted octanol–water partition coefficient (Wildman–Crippen LogP) is -0.895. The summed E-state index contributed by atoms with van der Waals surface area (Å²) in [5, 5.41) is 15.1. The van der Waals surface area contributed by atoms with Gasteiger partial charge in [0.1, 0.15) is 12.1 Å². The number of ketones is 2. The van der Waals surface area contributed by atoms with Gasteiger partial charge in [0, 0.05) is 44.6 Å². The molecule has 1 aliphatic rings. The van der Waals surface area contributed by atoms with Crippen LogP contribution in [0.5, 0.6) is 0 Å². The van der Waals surface area contributed by atoms with Gasteiger partial charge in [0.15, 0.2) is 11.6 Å². The minimum atomic E-state index is -5.03. The fourth-order valence-corrected chi connectivity index (χ4v) is 5.98. The van der Waals surface area contributed by atoms with Gasteiger partial charge >= 0.3 is 7.82 Å². The number of nitrogens with zero attached hydrogens (tertiary/aromatic N) is 2. The number of carbonyl (C=O) groups excluding carboxylic acids is 6. The maximum Gasteiger partial charge on any atom is 0.469 e. The Hall–Kier alpha value is -3.50. The van der Waals surface area contributed by atoms with Crippen LogP contribution in [0.25, 0.3) is 0 Å². The Balaban J connectivity index is 2.23. The lowest BCUT2D eigenvalue weighted by atomic mass is 9.89. The van der Waals surface area contributed by atoms with Crippen molar-refractivity contribution in [3.63, 3.8) is 0 Å². The Kier molecular flexibility index (Phi) is 14.7. The van der Waals surface area contributed by atoms with Crippen molar-refractivity contribution in [3.05, 3.63) is 18.2 Å². The molecule has 1 fully saturated rings. The molecule has 17 nitrogen and oxygen atoms in total. The quantitative estimate of drug-likeness (QED) is 0.0882. The highest BCUT2D eigenvalue weighted by atomic mass is 31.2. The minimum absolute atomic E-state index is 0.0202. The third-order valence-electron chi connectivity index (χ3n) is 7.76. The molecule has 1 aliphatic heterocycles. The first-order chi connectivity index (χ1) is 21.4. The Bertz CT molecular complexity index is 1280. The van der Waals surface area contributed by atoms with Gasteiger partial charge in [-0.2, -0.15) is 0 Å². The van der Waals surface area contributed by atoms with Gasteiger partial charge in [-0.25, -0.2) is 9.55 Å². The summed E-state index contributed by atoms with van der Waals surface area (Å²) >= 11 is 0. The predicted molar refractivity (Wildman–Crippen MR) is 161 cm³/mol. The Morgan fingerprint density at radius 2 is 1.76 bits per heavy atom.